The van der Waals surface area contributed by atoms with Gasteiger partial charge < -0.3 is 4.74 Å². The van der Waals surface area contributed by atoms with Crippen LogP contribution >= 0.6 is 0 Å². The summed E-state index contributed by atoms with van der Waals surface area (Å²) in [6.07, 6.45) is 17.2. The first kappa shape index (κ1) is 25.3. The number of esters is 1. The molecule has 4 aliphatic rings. The maximum atomic E-state index is 12.2. The standard InChI is InChI=1S/C31H52O2/c1-20(2)9-8-10-22(5)26-13-14-27-25-12-11-23-19-24(33-29(32)21(3)4)15-17-30(23,6)28(25)16-18-31(26,27)7/h11,20-22,24-28H,8-10,12-19H2,1-7H3/t22?,24-,25-,26?,27-,28-,30-,31+/m0/s1. The van der Waals surface area contributed by atoms with E-state index in [1.807, 2.05) is 13.8 Å². The third-order valence-corrected chi connectivity index (χ3v) is 11.0. The van der Waals surface area contributed by atoms with Crippen LogP contribution < -0.4 is 0 Å². The molecule has 4 rings (SSSR count). The topological polar surface area (TPSA) is 26.3 Å². The van der Waals surface area contributed by atoms with Gasteiger partial charge in [-0.25, -0.2) is 0 Å². The quantitative estimate of drug-likeness (QED) is 0.283. The van der Waals surface area contributed by atoms with Gasteiger partial charge >= 0.3 is 5.97 Å². The fourth-order valence-corrected chi connectivity index (χ4v) is 9.05. The van der Waals surface area contributed by atoms with Gasteiger partial charge in [0, 0.05) is 6.42 Å². The first-order chi connectivity index (χ1) is 15.6. The van der Waals surface area contributed by atoms with E-state index in [1.165, 1.54) is 57.8 Å². The minimum absolute atomic E-state index is 0.0224. The van der Waals surface area contributed by atoms with Gasteiger partial charge in [-0.1, -0.05) is 79.4 Å². The summed E-state index contributed by atoms with van der Waals surface area (Å²) >= 11 is 0. The molecule has 0 radical (unpaired) electrons. The first-order valence-electron chi connectivity index (χ1n) is 14.5. The molecule has 0 aromatic heterocycles. The van der Waals surface area contributed by atoms with Crippen LogP contribution in [0.25, 0.3) is 0 Å². The van der Waals surface area contributed by atoms with E-state index in [0.717, 1.165) is 48.3 Å². The van der Waals surface area contributed by atoms with Crippen LogP contribution in [-0.2, 0) is 9.53 Å². The van der Waals surface area contributed by atoms with Crippen molar-refractivity contribution in [2.45, 2.75) is 125 Å². The summed E-state index contributed by atoms with van der Waals surface area (Å²) in [5, 5.41) is 0. The Balaban J connectivity index is 1.45. The van der Waals surface area contributed by atoms with E-state index >= 15 is 0 Å². The molecule has 0 aromatic rings. The number of hydrogen-bond donors (Lipinski definition) is 0. The highest BCUT2D eigenvalue weighted by molar-refractivity contribution is 5.71. The van der Waals surface area contributed by atoms with Crippen molar-refractivity contribution in [3.05, 3.63) is 11.6 Å². The minimum Gasteiger partial charge on any atom is -0.462 e. The van der Waals surface area contributed by atoms with Crippen LogP contribution in [0.2, 0.25) is 0 Å². The summed E-state index contributed by atoms with van der Waals surface area (Å²) in [5.74, 6) is 5.24. The molecular weight excluding hydrogens is 404 g/mol. The van der Waals surface area contributed by atoms with Crippen LogP contribution in [0.15, 0.2) is 11.6 Å². The van der Waals surface area contributed by atoms with E-state index in [4.69, 9.17) is 4.74 Å². The predicted octanol–water partition coefficient (Wildman–Crippen LogP) is 8.60. The second-order valence-electron chi connectivity index (χ2n) is 13.7. The summed E-state index contributed by atoms with van der Waals surface area (Å²) in [5.41, 5.74) is 2.52. The Kier molecular flexibility index (Phi) is 7.43. The van der Waals surface area contributed by atoms with Crippen LogP contribution in [0, 0.1) is 52.3 Å². The molecule has 188 valence electrons. The molecule has 4 aliphatic carbocycles. The molecule has 0 aromatic carbocycles. The molecular formula is C31H52O2. The molecule has 2 unspecified atom stereocenters. The van der Waals surface area contributed by atoms with E-state index in [-0.39, 0.29) is 18.0 Å². The summed E-state index contributed by atoms with van der Waals surface area (Å²) in [6, 6.07) is 0. The molecule has 2 heteroatoms. The fourth-order valence-electron chi connectivity index (χ4n) is 9.05. The van der Waals surface area contributed by atoms with Crippen molar-refractivity contribution in [3.8, 4) is 0 Å². The molecule has 0 saturated heterocycles. The zero-order valence-electron chi connectivity index (χ0n) is 22.8. The molecule has 0 spiro atoms. The van der Waals surface area contributed by atoms with E-state index in [9.17, 15) is 4.79 Å². The molecule has 0 heterocycles. The number of hydrogen-bond acceptors (Lipinski definition) is 2. The Hall–Kier alpha value is -0.790. The Labute approximate surface area is 204 Å². The third kappa shape index (κ3) is 4.71. The van der Waals surface area contributed by atoms with Crippen molar-refractivity contribution < 1.29 is 9.53 Å². The number of rotatable bonds is 7. The average molecular weight is 457 g/mol. The molecule has 33 heavy (non-hydrogen) atoms. The third-order valence-electron chi connectivity index (χ3n) is 11.0. The molecule has 0 N–H and O–H groups in total. The average Bonchev–Trinajstić information content (AvgIpc) is 3.11. The first-order valence-corrected chi connectivity index (χ1v) is 14.5. The number of carbonyl (C=O) groups is 1. The monoisotopic (exact) mass is 456 g/mol. The highest BCUT2D eigenvalue weighted by Crippen LogP contribution is 2.67. The summed E-state index contributed by atoms with van der Waals surface area (Å²) in [7, 11) is 0. The van der Waals surface area contributed by atoms with Crippen LogP contribution in [-0.4, -0.2) is 12.1 Å². The van der Waals surface area contributed by atoms with E-state index in [0.29, 0.717) is 10.8 Å². The normalized spacial score (nSPS) is 41.2. The maximum absolute atomic E-state index is 12.2. The zero-order chi connectivity index (χ0) is 24.0. The van der Waals surface area contributed by atoms with E-state index in [2.05, 4.69) is 40.7 Å². The van der Waals surface area contributed by atoms with Crippen LogP contribution in [0.5, 0.6) is 0 Å². The highest BCUT2D eigenvalue weighted by Gasteiger charge is 2.59. The summed E-state index contributed by atoms with van der Waals surface area (Å²) in [4.78, 5) is 12.2. The van der Waals surface area contributed by atoms with Crippen molar-refractivity contribution in [3.63, 3.8) is 0 Å². The Morgan fingerprint density at radius 2 is 1.76 bits per heavy atom. The molecule has 0 aliphatic heterocycles. The van der Waals surface area contributed by atoms with Gasteiger partial charge in [-0.05, 0) is 91.3 Å². The predicted molar refractivity (Wildman–Crippen MR) is 138 cm³/mol. The van der Waals surface area contributed by atoms with Crippen molar-refractivity contribution in [2.24, 2.45) is 52.3 Å². The summed E-state index contributed by atoms with van der Waals surface area (Å²) in [6.45, 7) is 16.5. The minimum atomic E-state index is -0.0258. The number of carbonyl (C=O) groups excluding carboxylic acids is 1. The van der Waals surface area contributed by atoms with Gasteiger partial charge in [-0.2, -0.15) is 0 Å². The van der Waals surface area contributed by atoms with Gasteiger partial charge in [-0.3, -0.25) is 4.79 Å². The molecule has 8 atom stereocenters. The second-order valence-corrected chi connectivity index (χ2v) is 13.7. The van der Waals surface area contributed by atoms with Gasteiger partial charge in [0.2, 0.25) is 0 Å². The SMILES string of the molecule is CC(C)CCCC(C)C1CC[C@H]2[C@@H]3CC=C4C[C@@H](OC(=O)C(C)C)CC[C@]4(C)[C@H]3CC[C@]12C. The van der Waals surface area contributed by atoms with Gasteiger partial charge in [0.15, 0.2) is 0 Å². The van der Waals surface area contributed by atoms with Crippen LogP contribution in [0.1, 0.15) is 119 Å². The number of allylic oxidation sites excluding steroid dienone is 1. The van der Waals surface area contributed by atoms with Crippen LogP contribution in [0.4, 0.5) is 0 Å². The van der Waals surface area contributed by atoms with Crippen LogP contribution in [0.3, 0.4) is 0 Å². The maximum Gasteiger partial charge on any atom is 0.308 e. The highest BCUT2D eigenvalue weighted by atomic mass is 16.5. The van der Waals surface area contributed by atoms with Gasteiger partial charge in [-0.15, -0.1) is 0 Å². The summed E-state index contributed by atoms with van der Waals surface area (Å²) < 4.78 is 5.88. The molecule has 0 bridgehead atoms. The van der Waals surface area contributed by atoms with Gasteiger partial charge in [0.25, 0.3) is 0 Å². The molecule has 2 nitrogen and oxygen atoms in total. The lowest BCUT2D eigenvalue weighted by atomic mass is 9.47. The van der Waals surface area contributed by atoms with E-state index < -0.39 is 0 Å². The van der Waals surface area contributed by atoms with E-state index in [1.54, 1.807) is 5.57 Å². The lowest BCUT2D eigenvalue weighted by Crippen LogP contribution is -2.51. The number of ether oxygens (including phenoxy) is 1. The number of fused-ring (bicyclic) bond motifs is 5. The lowest BCUT2D eigenvalue weighted by Gasteiger charge is -2.58. The Bertz CT molecular complexity index is 735. The van der Waals surface area contributed by atoms with Crippen molar-refractivity contribution in [1.82, 2.24) is 0 Å². The van der Waals surface area contributed by atoms with Crippen molar-refractivity contribution in [2.75, 3.05) is 0 Å². The lowest BCUT2D eigenvalue weighted by molar-refractivity contribution is -0.155. The zero-order valence-corrected chi connectivity index (χ0v) is 22.8. The molecule has 3 saturated carbocycles. The molecule has 3 fully saturated rings. The Morgan fingerprint density at radius 3 is 2.45 bits per heavy atom. The second kappa shape index (κ2) is 9.69. The molecule has 0 amide bonds. The Morgan fingerprint density at radius 1 is 1.00 bits per heavy atom. The van der Waals surface area contributed by atoms with Gasteiger partial charge in [0.1, 0.15) is 6.10 Å². The smallest absolute Gasteiger partial charge is 0.308 e. The van der Waals surface area contributed by atoms with Crippen molar-refractivity contribution in [1.29, 1.82) is 0 Å². The fraction of sp³-hybridized carbons (Fsp3) is 0.903. The van der Waals surface area contributed by atoms with Gasteiger partial charge in [0.05, 0.1) is 5.92 Å². The largest absolute Gasteiger partial charge is 0.462 e. The van der Waals surface area contributed by atoms with Crippen molar-refractivity contribution >= 4 is 5.97 Å².